The minimum atomic E-state index is -1.11. The molecule has 2 N–H and O–H groups in total. The average Bonchev–Trinajstić information content (AvgIpc) is 3.11. The maximum absolute atomic E-state index is 11.4. The second kappa shape index (κ2) is 7.43. The number of amides is 1. The van der Waals surface area contributed by atoms with E-state index in [1.807, 2.05) is 71.0 Å². The minimum Gasteiger partial charge on any atom is -0.480 e. The molecule has 0 spiro atoms. The van der Waals surface area contributed by atoms with Crippen LogP contribution < -0.4 is 15.5 Å². The van der Waals surface area contributed by atoms with E-state index in [4.69, 9.17) is 25.6 Å². The third-order valence-electron chi connectivity index (χ3n) is 6.87. The topological polar surface area (TPSA) is 77.0 Å². The molecule has 0 unspecified atom stereocenters. The first kappa shape index (κ1) is 22.0. The van der Waals surface area contributed by atoms with E-state index in [0.29, 0.717) is 10.8 Å². The van der Waals surface area contributed by atoms with Gasteiger partial charge in [-0.25, -0.2) is 4.79 Å². The van der Waals surface area contributed by atoms with E-state index < -0.39 is 30.0 Å². The molecule has 2 heterocycles. The Kier molecular flexibility index (Phi) is 5.27. The van der Waals surface area contributed by atoms with Crippen molar-refractivity contribution in [3.05, 3.63) is 58.6 Å². The molecule has 1 fully saturated rings. The molecule has 0 aromatic heterocycles. The van der Waals surface area contributed by atoms with E-state index in [9.17, 15) is 9.90 Å². The lowest BCUT2D eigenvalue weighted by Crippen LogP contribution is -2.46. The van der Waals surface area contributed by atoms with E-state index in [1.165, 1.54) is 0 Å². The molecule has 2 aliphatic rings. The van der Waals surface area contributed by atoms with Crippen molar-refractivity contribution < 1.29 is 23.9 Å². The molecule has 1 saturated heterocycles. The molecule has 2 atom stereocenters. The maximum Gasteiger partial charge on any atom is 0.496 e. The summed E-state index contributed by atoms with van der Waals surface area (Å²) >= 11 is 6.68. The number of hydrogen-bond donors (Lipinski definition) is 2. The van der Waals surface area contributed by atoms with E-state index in [1.54, 1.807) is 6.07 Å². The van der Waals surface area contributed by atoms with Crippen LogP contribution in [0.3, 0.4) is 0 Å². The largest absolute Gasteiger partial charge is 0.496 e. The Hall–Kier alpha value is -2.22. The smallest absolute Gasteiger partial charge is 0.480 e. The zero-order valence-electron chi connectivity index (χ0n) is 18.4. The average molecular weight is 444 g/mol. The maximum atomic E-state index is 11.4. The van der Waals surface area contributed by atoms with Crippen LogP contribution in [0.1, 0.15) is 51.7 Å². The van der Waals surface area contributed by atoms with E-state index in [2.05, 4.69) is 5.32 Å². The molecule has 2 aliphatic heterocycles. The summed E-state index contributed by atoms with van der Waals surface area (Å²) in [7, 11) is -0.655. The predicted octanol–water partition coefficient (Wildman–Crippen LogP) is 4.30. The Balaban J connectivity index is 1.83. The van der Waals surface area contributed by atoms with Gasteiger partial charge in [-0.3, -0.25) is 0 Å². The van der Waals surface area contributed by atoms with Gasteiger partial charge in [0.2, 0.25) is 0 Å². The highest BCUT2D eigenvalue weighted by molar-refractivity contribution is 6.66. The van der Waals surface area contributed by atoms with Gasteiger partial charge in [-0.2, -0.15) is 0 Å². The molecule has 164 valence electrons. The van der Waals surface area contributed by atoms with Crippen LogP contribution in [0.15, 0.2) is 42.5 Å². The molecule has 6 nitrogen and oxygen atoms in total. The zero-order valence-corrected chi connectivity index (χ0v) is 19.1. The van der Waals surface area contributed by atoms with Gasteiger partial charge in [0.05, 0.1) is 17.7 Å². The highest BCUT2D eigenvalue weighted by Crippen LogP contribution is 2.51. The van der Waals surface area contributed by atoms with Gasteiger partial charge < -0.3 is 24.5 Å². The van der Waals surface area contributed by atoms with Crippen LogP contribution >= 0.6 is 11.6 Å². The molecule has 0 bridgehead atoms. The summed E-state index contributed by atoms with van der Waals surface area (Å²) in [6.07, 6.45) is -1.11. The summed E-state index contributed by atoms with van der Waals surface area (Å²) in [5.41, 5.74) is 0.524. The highest BCUT2D eigenvalue weighted by Gasteiger charge is 2.56. The van der Waals surface area contributed by atoms with Crippen molar-refractivity contribution in [3.8, 4) is 5.75 Å². The lowest BCUT2D eigenvalue weighted by molar-refractivity contribution is 0.00578. The van der Waals surface area contributed by atoms with Gasteiger partial charge in [0.25, 0.3) is 0 Å². The number of nitrogens with one attached hydrogen (secondary N) is 1. The fraction of sp³-hybridized carbons (Fsp3) is 0.435. The van der Waals surface area contributed by atoms with Crippen molar-refractivity contribution in [1.29, 1.82) is 0 Å². The van der Waals surface area contributed by atoms with Crippen molar-refractivity contribution in [3.63, 3.8) is 0 Å². The van der Waals surface area contributed by atoms with Crippen LogP contribution in [0.5, 0.6) is 5.75 Å². The van der Waals surface area contributed by atoms with E-state index >= 15 is 0 Å². The highest BCUT2D eigenvalue weighted by atomic mass is 35.5. The van der Waals surface area contributed by atoms with Gasteiger partial charge in [-0.05, 0) is 45.4 Å². The first-order valence-corrected chi connectivity index (χ1v) is 10.8. The molecule has 8 heteroatoms. The Morgan fingerprint density at radius 2 is 1.71 bits per heavy atom. The van der Waals surface area contributed by atoms with Gasteiger partial charge in [0, 0.05) is 22.0 Å². The number of fused-ring (bicyclic) bond motifs is 1. The summed E-state index contributed by atoms with van der Waals surface area (Å²) < 4.78 is 19.1. The Labute approximate surface area is 188 Å². The first-order valence-electron chi connectivity index (χ1n) is 10.4. The first-order chi connectivity index (χ1) is 14.5. The van der Waals surface area contributed by atoms with Crippen LogP contribution in [-0.4, -0.2) is 36.1 Å². The monoisotopic (exact) mass is 443 g/mol. The summed E-state index contributed by atoms with van der Waals surface area (Å²) in [5, 5.41) is 12.3. The molecular formula is C23H27BClNO5. The number of benzene rings is 2. The normalized spacial score (nSPS) is 25.7. The molecular weight excluding hydrogens is 417 g/mol. The van der Waals surface area contributed by atoms with Crippen LogP contribution in [0.4, 0.5) is 4.79 Å². The number of halogens is 1. The van der Waals surface area contributed by atoms with Crippen LogP contribution in [-0.2, 0) is 14.9 Å². The lowest BCUT2D eigenvalue weighted by Gasteiger charge is -2.33. The predicted molar refractivity (Wildman–Crippen MR) is 120 cm³/mol. The fourth-order valence-corrected chi connectivity index (χ4v) is 4.62. The molecule has 1 amide bonds. The van der Waals surface area contributed by atoms with Gasteiger partial charge in [-0.15, -0.1) is 0 Å². The lowest BCUT2D eigenvalue weighted by atomic mass is 9.70. The number of ether oxygens (including phenoxy) is 1. The number of hydrogen-bond acceptors (Lipinski definition) is 4. The van der Waals surface area contributed by atoms with Crippen LogP contribution in [0.25, 0.3) is 0 Å². The zero-order chi connectivity index (χ0) is 22.6. The molecule has 4 rings (SSSR count). The fourth-order valence-electron chi connectivity index (χ4n) is 4.37. The number of rotatable bonds is 4. The van der Waals surface area contributed by atoms with Gasteiger partial charge >= 0.3 is 13.2 Å². The minimum absolute atomic E-state index is 0.0859. The van der Waals surface area contributed by atoms with Crippen LogP contribution in [0, 0.1) is 0 Å². The van der Waals surface area contributed by atoms with Crippen molar-refractivity contribution >= 4 is 30.3 Å². The standard InChI is InChI=1S/C23H27BClNO5/c1-14-18-17(29-23(14,13-26-20(27)28)15-9-7-6-8-10-15)12-11-16(25)19(18)24-30-21(2,3)22(4,5)31-24/h6-12,14,26H,13H2,1-5H3,(H,27,28)/t14-,23-/m0/s1. The second-order valence-corrected chi connectivity index (χ2v) is 9.61. The molecule has 0 saturated carbocycles. The van der Waals surface area contributed by atoms with E-state index in [-0.39, 0.29) is 12.5 Å². The Morgan fingerprint density at radius 1 is 1.10 bits per heavy atom. The summed E-state index contributed by atoms with van der Waals surface area (Å²) in [5.74, 6) is 0.433. The summed E-state index contributed by atoms with van der Waals surface area (Å²) in [4.78, 5) is 11.4. The molecule has 2 aromatic rings. The van der Waals surface area contributed by atoms with Gasteiger partial charge in [-0.1, -0.05) is 48.9 Å². The molecule has 0 radical (unpaired) electrons. The van der Waals surface area contributed by atoms with Crippen molar-refractivity contribution in [2.75, 3.05) is 6.54 Å². The Bertz CT molecular complexity index is 997. The van der Waals surface area contributed by atoms with Crippen molar-refractivity contribution in [2.45, 2.75) is 57.3 Å². The van der Waals surface area contributed by atoms with Crippen LogP contribution in [0.2, 0.25) is 5.02 Å². The Morgan fingerprint density at radius 3 is 2.29 bits per heavy atom. The molecule has 2 aromatic carbocycles. The van der Waals surface area contributed by atoms with Crippen molar-refractivity contribution in [1.82, 2.24) is 5.32 Å². The van der Waals surface area contributed by atoms with Gasteiger partial charge in [0.1, 0.15) is 5.75 Å². The van der Waals surface area contributed by atoms with Crippen molar-refractivity contribution in [2.24, 2.45) is 0 Å². The number of carboxylic acid groups (broad SMARTS) is 1. The van der Waals surface area contributed by atoms with E-state index in [0.717, 1.165) is 16.6 Å². The summed E-state index contributed by atoms with van der Waals surface area (Å²) in [6.45, 7) is 10.1. The third-order valence-corrected chi connectivity index (χ3v) is 7.20. The number of carbonyl (C=O) groups is 1. The second-order valence-electron chi connectivity index (χ2n) is 9.20. The third kappa shape index (κ3) is 3.49. The van der Waals surface area contributed by atoms with Gasteiger partial charge in [0.15, 0.2) is 5.60 Å². The summed E-state index contributed by atoms with van der Waals surface area (Å²) in [6, 6.07) is 13.2. The quantitative estimate of drug-likeness (QED) is 0.689. The SMILES string of the molecule is C[C@H]1c2c(ccc(Cl)c2B2OC(C)(C)C(C)(C)O2)O[C@]1(CNC(=O)O)c1ccccc1. The molecule has 0 aliphatic carbocycles. The molecule has 31 heavy (non-hydrogen) atoms.